The zero-order valence-corrected chi connectivity index (χ0v) is 14.0. The number of aliphatic hydroxyl groups excluding tert-OH is 1. The van der Waals surface area contributed by atoms with Crippen molar-refractivity contribution in [1.82, 2.24) is 5.32 Å². The molecule has 2 atom stereocenters. The van der Waals surface area contributed by atoms with Crippen LogP contribution in [0.3, 0.4) is 0 Å². The van der Waals surface area contributed by atoms with E-state index in [4.69, 9.17) is 14.2 Å². The van der Waals surface area contributed by atoms with Crippen molar-refractivity contribution in [3.05, 3.63) is 54.1 Å². The number of amides is 1. The van der Waals surface area contributed by atoms with Crippen LogP contribution in [-0.4, -0.2) is 30.5 Å². The third-order valence-corrected chi connectivity index (χ3v) is 3.92. The Hall–Kier alpha value is -2.73. The molecule has 2 N–H and O–H groups in total. The van der Waals surface area contributed by atoms with Crippen LogP contribution in [0.4, 0.5) is 0 Å². The molecule has 25 heavy (non-hydrogen) atoms. The Morgan fingerprint density at radius 1 is 1.20 bits per heavy atom. The summed E-state index contributed by atoms with van der Waals surface area (Å²) in [5.74, 6) is 1.73. The highest BCUT2D eigenvalue weighted by atomic mass is 16.7. The predicted molar refractivity (Wildman–Crippen MR) is 91.7 cm³/mol. The van der Waals surface area contributed by atoms with Gasteiger partial charge in [-0.05, 0) is 43.2 Å². The molecule has 0 radical (unpaired) electrons. The number of para-hydroxylation sites is 1. The van der Waals surface area contributed by atoms with E-state index in [0.29, 0.717) is 30.2 Å². The van der Waals surface area contributed by atoms with E-state index in [2.05, 4.69) is 5.32 Å². The maximum Gasteiger partial charge on any atom is 0.260 e. The summed E-state index contributed by atoms with van der Waals surface area (Å²) >= 11 is 0. The molecule has 0 spiro atoms. The number of fused-ring (bicyclic) bond motifs is 1. The van der Waals surface area contributed by atoms with Crippen LogP contribution in [-0.2, 0) is 4.79 Å². The van der Waals surface area contributed by atoms with Crippen LogP contribution in [0.25, 0.3) is 0 Å². The summed E-state index contributed by atoms with van der Waals surface area (Å²) < 4.78 is 16.1. The number of hydrogen-bond donors (Lipinski definition) is 2. The molecule has 0 aliphatic carbocycles. The summed E-state index contributed by atoms with van der Waals surface area (Å²) in [6.07, 6.45) is -0.908. The van der Waals surface area contributed by atoms with Crippen molar-refractivity contribution in [3.8, 4) is 17.2 Å². The molecule has 3 rings (SSSR count). The van der Waals surface area contributed by atoms with Crippen LogP contribution < -0.4 is 19.5 Å². The van der Waals surface area contributed by atoms with Gasteiger partial charge in [0, 0.05) is 6.54 Å². The molecule has 0 unspecified atom stereocenters. The van der Waals surface area contributed by atoms with Gasteiger partial charge in [-0.1, -0.05) is 24.3 Å². The minimum Gasteiger partial charge on any atom is -0.481 e. The van der Waals surface area contributed by atoms with E-state index in [0.717, 1.165) is 5.56 Å². The molecule has 2 aromatic carbocycles. The van der Waals surface area contributed by atoms with Crippen LogP contribution in [0.15, 0.2) is 48.5 Å². The van der Waals surface area contributed by atoms with E-state index in [1.165, 1.54) is 0 Å². The number of carbonyl (C=O) groups excluding carboxylic acids is 1. The third kappa shape index (κ3) is 4.42. The lowest BCUT2D eigenvalue weighted by molar-refractivity contribution is -0.127. The lowest BCUT2D eigenvalue weighted by Crippen LogP contribution is -2.37. The molecule has 6 nitrogen and oxygen atoms in total. The molecule has 0 saturated carbocycles. The van der Waals surface area contributed by atoms with Gasteiger partial charge in [-0.3, -0.25) is 4.79 Å². The van der Waals surface area contributed by atoms with Crippen molar-refractivity contribution in [1.29, 1.82) is 0 Å². The van der Waals surface area contributed by atoms with Crippen molar-refractivity contribution in [2.75, 3.05) is 13.3 Å². The standard InChI is InChI=1S/C19H21NO5/c1-13(25-15-5-3-2-4-6-15)19(22)20-10-9-16(21)14-7-8-17-18(11-14)24-12-23-17/h2-8,11,13,16,21H,9-10,12H2,1H3,(H,20,22)/t13-,16+/m1/s1. The quantitative estimate of drug-likeness (QED) is 0.807. The largest absolute Gasteiger partial charge is 0.481 e. The zero-order chi connectivity index (χ0) is 17.6. The molecular weight excluding hydrogens is 322 g/mol. The smallest absolute Gasteiger partial charge is 0.260 e. The van der Waals surface area contributed by atoms with E-state index in [9.17, 15) is 9.90 Å². The van der Waals surface area contributed by atoms with Crippen LogP contribution >= 0.6 is 0 Å². The second kappa shape index (κ2) is 7.90. The Bertz CT molecular complexity index is 719. The molecule has 0 saturated heterocycles. The zero-order valence-electron chi connectivity index (χ0n) is 14.0. The van der Waals surface area contributed by atoms with Crippen molar-refractivity contribution in [3.63, 3.8) is 0 Å². The minimum atomic E-state index is -0.694. The molecule has 132 valence electrons. The van der Waals surface area contributed by atoms with E-state index in [1.54, 1.807) is 37.3 Å². The second-order valence-corrected chi connectivity index (χ2v) is 5.78. The van der Waals surface area contributed by atoms with E-state index >= 15 is 0 Å². The molecule has 1 heterocycles. The van der Waals surface area contributed by atoms with Crippen molar-refractivity contribution in [2.45, 2.75) is 25.6 Å². The fraction of sp³-hybridized carbons (Fsp3) is 0.316. The van der Waals surface area contributed by atoms with Gasteiger partial charge in [0.2, 0.25) is 6.79 Å². The highest BCUT2D eigenvalue weighted by molar-refractivity contribution is 5.80. The molecule has 1 amide bonds. The van der Waals surface area contributed by atoms with E-state index < -0.39 is 12.2 Å². The third-order valence-electron chi connectivity index (χ3n) is 3.92. The number of ether oxygens (including phenoxy) is 3. The van der Waals surface area contributed by atoms with E-state index in [-0.39, 0.29) is 12.7 Å². The van der Waals surface area contributed by atoms with Gasteiger partial charge in [-0.25, -0.2) is 0 Å². The summed E-state index contributed by atoms with van der Waals surface area (Å²) in [6, 6.07) is 14.5. The Labute approximate surface area is 146 Å². The minimum absolute atomic E-state index is 0.199. The Morgan fingerprint density at radius 2 is 1.96 bits per heavy atom. The molecule has 6 heteroatoms. The van der Waals surface area contributed by atoms with Crippen molar-refractivity contribution >= 4 is 5.91 Å². The first-order chi connectivity index (χ1) is 12.1. The average molecular weight is 343 g/mol. The van der Waals surface area contributed by atoms with Crippen LogP contribution in [0, 0.1) is 0 Å². The average Bonchev–Trinajstić information content (AvgIpc) is 3.10. The molecule has 2 aromatic rings. The number of benzene rings is 2. The molecular formula is C19H21NO5. The van der Waals surface area contributed by atoms with E-state index in [1.807, 2.05) is 18.2 Å². The van der Waals surface area contributed by atoms with Crippen LogP contribution in [0.5, 0.6) is 17.2 Å². The first-order valence-corrected chi connectivity index (χ1v) is 8.20. The highest BCUT2D eigenvalue weighted by Gasteiger charge is 2.18. The Balaban J connectivity index is 1.44. The van der Waals surface area contributed by atoms with Gasteiger partial charge in [0.05, 0.1) is 6.10 Å². The van der Waals surface area contributed by atoms with Crippen molar-refractivity contribution < 1.29 is 24.1 Å². The van der Waals surface area contributed by atoms with Gasteiger partial charge in [0.25, 0.3) is 5.91 Å². The van der Waals surface area contributed by atoms with Crippen LogP contribution in [0.2, 0.25) is 0 Å². The van der Waals surface area contributed by atoms with Gasteiger partial charge in [-0.15, -0.1) is 0 Å². The molecule has 1 aliphatic heterocycles. The maximum absolute atomic E-state index is 12.1. The molecule has 0 aromatic heterocycles. The topological polar surface area (TPSA) is 77.0 Å². The van der Waals surface area contributed by atoms with Crippen molar-refractivity contribution in [2.24, 2.45) is 0 Å². The fourth-order valence-corrected chi connectivity index (χ4v) is 2.52. The van der Waals surface area contributed by atoms with Crippen LogP contribution in [0.1, 0.15) is 25.0 Å². The van der Waals surface area contributed by atoms with Gasteiger partial charge >= 0.3 is 0 Å². The van der Waals surface area contributed by atoms with Gasteiger partial charge in [0.1, 0.15) is 5.75 Å². The molecule has 1 aliphatic rings. The Kier molecular flexibility index (Phi) is 5.40. The lowest BCUT2D eigenvalue weighted by Gasteiger charge is -2.16. The summed E-state index contributed by atoms with van der Waals surface area (Å²) in [6.45, 7) is 2.23. The second-order valence-electron chi connectivity index (χ2n) is 5.78. The SMILES string of the molecule is C[C@@H](Oc1ccccc1)C(=O)NCC[C@H](O)c1ccc2c(c1)OCO2. The summed E-state index contributed by atoms with van der Waals surface area (Å²) in [5.41, 5.74) is 0.729. The predicted octanol–water partition coefficient (Wildman–Crippen LogP) is 2.42. The summed E-state index contributed by atoms with van der Waals surface area (Å²) in [7, 11) is 0. The monoisotopic (exact) mass is 343 g/mol. The Morgan fingerprint density at radius 3 is 2.76 bits per heavy atom. The summed E-state index contributed by atoms with van der Waals surface area (Å²) in [4.78, 5) is 12.1. The number of nitrogens with one attached hydrogen (secondary N) is 1. The van der Waals surface area contributed by atoms with Gasteiger partial charge in [0.15, 0.2) is 17.6 Å². The van der Waals surface area contributed by atoms with Gasteiger partial charge < -0.3 is 24.6 Å². The van der Waals surface area contributed by atoms with Gasteiger partial charge in [-0.2, -0.15) is 0 Å². The fourth-order valence-electron chi connectivity index (χ4n) is 2.52. The number of aliphatic hydroxyl groups is 1. The first kappa shape index (κ1) is 17.1. The normalized spacial score (nSPS) is 14.6. The molecule has 0 bridgehead atoms. The highest BCUT2D eigenvalue weighted by Crippen LogP contribution is 2.34. The number of hydrogen-bond acceptors (Lipinski definition) is 5. The first-order valence-electron chi connectivity index (χ1n) is 8.20. The molecule has 0 fully saturated rings. The summed E-state index contributed by atoms with van der Waals surface area (Å²) in [5, 5.41) is 13.0. The number of rotatable bonds is 7. The maximum atomic E-state index is 12.1. The number of carbonyl (C=O) groups is 1. The lowest BCUT2D eigenvalue weighted by atomic mass is 10.1.